The molecule has 2 aromatic rings. The summed E-state index contributed by atoms with van der Waals surface area (Å²) in [4.78, 5) is -0.403. The van der Waals surface area contributed by atoms with Crippen LogP contribution in [0.3, 0.4) is 0 Å². The molecule has 0 bridgehead atoms. The second-order valence-electron chi connectivity index (χ2n) is 7.09. The average Bonchev–Trinajstić information content (AvgIpc) is 2.65. The zero-order chi connectivity index (χ0) is 23.4. The molecule has 0 saturated heterocycles. The Hall–Kier alpha value is -2.21. The molecular weight excluding hydrogens is 460 g/mol. The van der Waals surface area contributed by atoms with E-state index in [1.165, 1.54) is 0 Å². The minimum absolute atomic E-state index is 0.213. The molecular formula is C19H14F8O3S. The maximum Gasteiger partial charge on any atom is 0.435 e. The first-order chi connectivity index (χ1) is 14.1. The molecule has 0 aromatic heterocycles. The minimum Gasteiger partial charge on any atom is -0.391 e. The summed E-state index contributed by atoms with van der Waals surface area (Å²) in [5.41, 5.74) is -7.91. The highest BCUT2D eigenvalue weighted by Crippen LogP contribution is 2.54. The third kappa shape index (κ3) is 3.79. The number of benzene rings is 2. The van der Waals surface area contributed by atoms with Gasteiger partial charge in [-0.05, 0) is 48.2 Å². The van der Waals surface area contributed by atoms with Crippen LogP contribution in [0.25, 0.3) is 0 Å². The first kappa shape index (κ1) is 23.5. The van der Waals surface area contributed by atoms with Crippen molar-refractivity contribution in [2.75, 3.05) is 0 Å². The van der Waals surface area contributed by atoms with Crippen LogP contribution >= 0.6 is 0 Å². The zero-order valence-corrected chi connectivity index (χ0v) is 16.1. The van der Waals surface area contributed by atoms with Gasteiger partial charge in [0, 0.05) is 5.56 Å². The molecule has 0 aliphatic heterocycles. The highest BCUT2D eigenvalue weighted by Gasteiger charge is 2.73. The van der Waals surface area contributed by atoms with Crippen LogP contribution in [-0.2, 0) is 21.9 Å². The van der Waals surface area contributed by atoms with Gasteiger partial charge in [0.2, 0.25) is 0 Å². The first-order valence-electron chi connectivity index (χ1n) is 8.74. The molecule has 0 fully saturated rings. The molecule has 0 amide bonds. The van der Waals surface area contributed by atoms with Crippen LogP contribution in [0.4, 0.5) is 35.1 Å². The van der Waals surface area contributed by atoms with Crippen molar-refractivity contribution in [3.8, 4) is 0 Å². The number of aliphatic hydroxyl groups excluding tert-OH is 1. The summed E-state index contributed by atoms with van der Waals surface area (Å²) < 4.78 is 132. The Morgan fingerprint density at radius 2 is 1.42 bits per heavy atom. The quantitative estimate of drug-likeness (QED) is 0.507. The number of fused-ring (bicyclic) bond motifs is 1. The van der Waals surface area contributed by atoms with E-state index in [2.05, 4.69) is 0 Å². The number of aryl methyl sites for hydroxylation is 1. The molecule has 3 nitrogen and oxygen atoms in total. The van der Waals surface area contributed by atoms with Crippen molar-refractivity contribution in [1.29, 1.82) is 0 Å². The van der Waals surface area contributed by atoms with E-state index in [9.17, 15) is 48.6 Å². The maximum absolute atomic E-state index is 14.4. The predicted octanol–water partition coefficient (Wildman–Crippen LogP) is 4.94. The Morgan fingerprint density at radius 3 is 1.94 bits per heavy atom. The molecule has 170 valence electrons. The second-order valence-corrected chi connectivity index (χ2v) is 9.16. The van der Waals surface area contributed by atoms with Gasteiger partial charge in [-0.15, -0.1) is 0 Å². The lowest BCUT2D eigenvalue weighted by Crippen LogP contribution is -2.50. The fraction of sp³-hybridized carbons (Fsp3) is 0.368. The summed E-state index contributed by atoms with van der Waals surface area (Å²) >= 11 is 0. The largest absolute Gasteiger partial charge is 0.435 e. The van der Waals surface area contributed by atoms with Gasteiger partial charge in [0.1, 0.15) is 11.1 Å². The molecule has 2 atom stereocenters. The zero-order valence-electron chi connectivity index (χ0n) is 15.3. The first-order valence-corrected chi connectivity index (χ1v) is 10.3. The number of rotatable bonds is 3. The summed E-state index contributed by atoms with van der Waals surface area (Å²) in [5.74, 6) is -0.744. The van der Waals surface area contributed by atoms with E-state index >= 15 is 0 Å². The number of sulfone groups is 1. The van der Waals surface area contributed by atoms with E-state index in [0.29, 0.717) is 12.1 Å². The van der Waals surface area contributed by atoms with Gasteiger partial charge >= 0.3 is 18.0 Å². The number of hydrogen-bond acceptors (Lipinski definition) is 3. The van der Waals surface area contributed by atoms with E-state index in [0.717, 1.165) is 24.3 Å². The van der Waals surface area contributed by atoms with E-state index in [1.54, 1.807) is 0 Å². The van der Waals surface area contributed by atoms with Crippen LogP contribution in [0.2, 0.25) is 0 Å². The Bertz CT molecular complexity index is 1060. The van der Waals surface area contributed by atoms with Gasteiger partial charge < -0.3 is 5.11 Å². The van der Waals surface area contributed by atoms with Crippen molar-refractivity contribution in [2.24, 2.45) is 0 Å². The average molecular weight is 474 g/mol. The molecule has 0 radical (unpaired) electrons. The topological polar surface area (TPSA) is 54.4 Å². The Morgan fingerprint density at radius 1 is 0.871 bits per heavy atom. The van der Waals surface area contributed by atoms with Crippen LogP contribution in [0.5, 0.6) is 0 Å². The highest BCUT2D eigenvalue weighted by molar-refractivity contribution is 7.91. The normalized spacial score (nSPS) is 20.4. The minimum atomic E-state index is -6.31. The number of alkyl halides is 7. The molecule has 2 aromatic carbocycles. The summed E-state index contributed by atoms with van der Waals surface area (Å²) in [6, 6.07) is 4.71. The van der Waals surface area contributed by atoms with Crippen LogP contribution in [0.1, 0.15) is 28.4 Å². The summed E-state index contributed by atoms with van der Waals surface area (Å²) in [6.07, 6.45) is -14.7. The summed E-state index contributed by atoms with van der Waals surface area (Å²) in [5, 5.41) is 8.53. The van der Waals surface area contributed by atoms with Crippen LogP contribution < -0.4 is 0 Å². The van der Waals surface area contributed by atoms with Gasteiger partial charge in [0.15, 0.2) is 9.84 Å². The predicted molar refractivity (Wildman–Crippen MR) is 92.0 cm³/mol. The molecule has 1 aliphatic rings. The van der Waals surface area contributed by atoms with Crippen molar-refractivity contribution in [1.82, 2.24) is 0 Å². The van der Waals surface area contributed by atoms with Crippen molar-refractivity contribution in [2.45, 2.75) is 47.1 Å². The Kier molecular flexibility index (Phi) is 5.63. The fourth-order valence-electron chi connectivity index (χ4n) is 3.61. The van der Waals surface area contributed by atoms with Crippen LogP contribution in [-0.4, -0.2) is 32.0 Å². The molecule has 31 heavy (non-hydrogen) atoms. The number of halogens is 8. The van der Waals surface area contributed by atoms with Gasteiger partial charge in [-0.25, -0.2) is 17.2 Å². The Labute approximate surface area is 171 Å². The lowest BCUT2D eigenvalue weighted by molar-refractivity contribution is -0.348. The van der Waals surface area contributed by atoms with Gasteiger partial charge in [-0.3, -0.25) is 0 Å². The summed E-state index contributed by atoms with van der Waals surface area (Å²) in [6.45, 7) is 0. The monoisotopic (exact) mass is 474 g/mol. The smallest absolute Gasteiger partial charge is 0.391 e. The molecule has 1 aliphatic carbocycles. The van der Waals surface area contributed by atoms with E-state index in [-0.39, 0.29) is 30.0 Å². The van der Waals surface area contributed by atoms with Gasteiger partial charge in [0.25, 0.3) is 0 Å². The van der Waals surface area contributed by atoms with Crippen molar-refractivity contribution >= 4 is 9.84 Å². The number of aliphatic hydroxyl groups is 1. The SMILES string of the molecule is O=S(=O)(c1ccc(F)cc1)C1c2ccc(C(F)(C(F)(F)F)C(F)(F)F)cc2CCC1O. The van der Waals surface area contributed by atoms with Crippen molar-refractivity contribution in [3.63, 3.8) is 0 Å². The molecule has 3 rings (SSSR count). The van der Waals surface area contributed by atoms with Crippen LogP contribution in [0, 0.1) is 5.82 Å². The van der Waals surface area contributed by atoms with Gasteiger partial charge in [0.05, 0.1) is 11.0 Å². The summed E-state index contributed by atoms with van der Waals surface area (Å²) in [7, 11) is -4.40. The third-order valence-corrected chi connectivity index (χ3v) is 7.33. The van der Waals surface area contributed by atoms with Gasteiger partial charge in [-0.2, -0.15) is 26.3 Å². The number of hydrogen-bond donors (Lipinski definition) is 1. The van der Waals surface area contributed by atoms with Crippen molar-refractivity contribution < 1.29 is 48.6 Å². The molecule has 0 heterocycles. The van der Waals surface area contributed by atoms with E-state index < -0.39 is 55.5 Å². The maximum atomic E-state index is 14.4. The second kappa shape index (κ2) is 7.44. The van der Waals surface area contributed by atoms with E-state index in [4.69, 9.17) is 0 Å². The molecule has 1 N–H and O–H groups in total. The lowest BCUT2D eigenvalue weighted by atomic mass is 9.84. The fourth-order valence-corrected chi connectivity index (χ4v) is 5.53. The van der Waals surface area contributed by atoms with E-state index in [1.807, 2.05) is 0 Å². The standard InChI is InChI=1S/C19H14F8O3S/c20-12-3-5-13(6-4-12)31(29,30)16-14-7-2-11(9-10(14)1-8-15(16)28)17(21,18(22,23)24)19(25,26)27/h2-7,9,15-16,28H,1,8H2. The molecule has 0 saturated carbocycles. The third-order valence-electron chi connectivity index (χ3n) is 5.16. The van der Waals surface area contributed by atoms with Crippen LogP contribution in [0.15, 0.2) is 47.4 Å². The van der Waals surface area contributed by atoms with Gasteiger partial charge in [-0.1, -0.05) is 18.2 Å². The molecule has 12 heteroatoms. The Balaban J connectivity index is 2.15. The van der Waals surface area contributed by atoms with Crippen molar-refractivity contribution in [3.05, 3.63) is 65.0 Å². The highest BCUT2D eigenvalue weighted by atomic mass is 32.2. The molecule has 2 unspecified atom stereocenters. The lowest BCUT2D eigenvalue weighted by Gasteiger charge is -2.33. The molecule has 0 spiro atoms.